The summed E-state index contributed by atoms with van der Waals surface area (Å²) < 4.78 is 15.2. The summed E-state index contributed by atoms with van der Waals surface area (Å²) in [6, 6.07) is 10.5. The zero-order chi connectivity index (χ0) is 18.1. The lowest BCUT2D eigenvalue weighted by molar-refractivity contribution is 0.628. The largest absolute Gasteiger partial charge is 0.273 e. The van der Waals surface area contributed by atoms with Crippen molar-refractivity contribution in [2.45, 2.75) is 19.8 Å². The Labute approximate surface area is 151 Å². The SMILES string of the molecule is CCCc1c(-c2ccncc2)c(-c2ccc(F)cc2)nc2nn(C)cc12. The fraction of sp³-hybridized carbons (Fsp3) is 0.190. The summed E-state index contributed by atoms with van der Waals surface area (Å²) in [5.41, 5.74) is 5.76. The van der Waals surface area contributed by atoms with Crippen molar-refractivity contribution in [3.63, 3.8) is 0 Å². The zero-order valence-electron chi connectivity index (χ0n) is 14.8. The fourth-order valence-electron chi connectivity index (χ4n) is 3.37. The van der Waals surface area contributed by atoms with E-state index in [1.54, 1.807) is 29.2 Å². The van der Waals surface area contributed by atoms with Gasteiger partial charge >= 0.3 is 0 Å². The molecule has 4 rings (SSSR count). The van der Waals surface area contributed by atoms with E-state index in [1.165, 1.54) is 17.7 Å². The second-order valence-electron chi connectivity index (χ2n) is 6.35. The number of halogens is 1. The first-order valence-electron chi connectivity index (χ1n) is 8.70. The van der Waals surface area contributed by atoms with Gasteiger partial charge in [0.1, 0.15) is 5.82 Å². The van der Waals surface area contributed by atoms with Crippen LogP contribution in [0.3, 0.4) is 0 Å². The number of fused-ring (bicyclic) bond motifs is 1. The molecule has 26 heavy (non-hydrogen) atoms. The van der Waals surface area contributed by atoms with Gasteiger partial charge in [-0.25, -0.2) is 9.37 Å². The van der Waals surface area contributed by atoms with Gasteiger partial charge < -0.3 is 0 Å². The molecule has 5 heteroatoms. The van der Waals surface area contributed by atoms with Gasteiger partial charge in [-0.1, -0.05) is 13.3 Å². The standard InChI is InChI=1S/C21H19FN4/c1-3-4-17-18-13-26(2)25-21(18)24-20(15-5-7-16(22)8-6-15)19(17)14-9-11-23-12-10-14/h5-13H,3-4H2,1-2H3. The molecule has 4 nitrogen and oxygen atoms in total. The lowest BCUT2D eigenvalue weighted by Gasteiger charge is -2.15. The molecule has 0 fully saturated rings. The number of benzene rings is 1. The number of hydrogen-bond donors (Lipinski definition) is 0. The van der Waals surface area contributed by atoms with Crippen molar-refractivity contribution in [2.75, 3.05) is 0 Å². The number of nitrogens with zero attached hydrogens (tertiary/aromatic N) is 4. The number of aryl methyl sites for hydroxylation is 2. The quantitative estimate of drug-likeness (QED) is 0.534. The molecule has 0 aliphatic rings. The van der Waals surface area contributed by atoms with E-state index < -0.39 is 0 Å². The Morgan fingerprint density at radius 3 is 2.42 bits per heavy atom. The van der Waals surface area contributed by atoms with Gasteiger partial charge in [0.15, 0.2) is 5.65 Å². The normalized spacial score (nSPS) is 11.2. The van der Waals surface area contributed by atoms with Crippen LogP contribution in [0.5, 0.6) is 0 Å². The molecule has 0 amide bonds. The summed E-state index contributed by atoms with van der Waals surface area (Å²) in [5.74, 6) is -0.257. The average molecular weight is 346 g/mol. The zero-order valence-corrected chi connectivity index (χ0v) is 14.8. The lowest BCUT2D eigenvalue weighted by atomic mass is 9.91. The smallest absolute Gasteiger partial charge is 0.181 e. The number of rotatable bonds is 4. The van der Waals surface area contributed by atoms with Crippen LogP contribution in [-0.4, -0.2) is 19.7 Å². The molecule has 3 heterocycles. The van der Waals surface area contributed by atoms with Gasteiger partial charge in [-0.3, -0.25) is 9.67 Å². The van der Waals surface area contributed by atoms with Gasteiger partial charge in [-0.2, -0.15) is 5.10 Å². The van der Waals surface area contributed by atoms with Gasteiger partial charge in [-0.05, 0) is 53.9 Å². The number of hydrogen-bond acceptors (Lipinski definition) is 3. The Hall–Kier alpha value is -3.08. The highest BCUT2D eigenvalue weighted by Gasteiger charge is 2.19. The van der Waals surface area contributed by atoms with E-state index in [2.05, 4.69) is 17.0 Å². The molecule has 0 aliphatic carbocycles. The van der Waals surface area contributed by atoms with Gasteiger partial charge in [0, 0.05) is 42.2 Å². The van der Waals surface area contributed by atoms with Crippen molar-refractivity contribution in [1.29, 1.82) is 0 Å². The molecule has 0 atom stereocenters. The molecule has 130 valence electrons. The van der Waals surface area contributed by atoms with Crippen LogP contribution in [0.1, 0.15) is 18.9 Å². The monoisotopic (exact) mass is 346 g/mol. The predicted octanol–water partition coefficient (Wildman–Crippen LogP) is 4.79. The first-order chi connectivity index (χ1) is 12.7. The number of aromatic nitrogens is 4. The lowest BCUT2D eigenvalue weighted by Crippen LogP contribution is -1.98. The van der Waals surface area contributed by atoms with Crippen LogP contribution in [0.4, 0.5) is 4.39 Å². The van der Waals surface area contributed by atoms with Crippen molar-refractivity contribution < 1.29 is 4.39 Å². The van der Waals surface area contributed by atoms with E-state index in [0.29, 0.717) is 5.65 Å². The maximum Gasteiger partial charge on any atom is 0.181 e. The van der Waals surface area contributed by atoms with Gasteiger partial charge in [0.2, 0.25) is 0 Å². The first kappa shape index (κ1) is 16.4. The minimum Gasteiger partial charge on any atom is -0.273 e. The molecule has 0 unspecified atom stereocenters. The Bertz CT molecular complexity index is 1050. The van der Waals surface area contributed by atoms with E-state index in [1.807, 2.05) is 25.4 Å². The second-order valence-corrected chi connectivity index (χ2v) is 6.35. The summed E-state index contributed by atoms with van der Waals surface area (Å²) >= 11 is 0. The maximum absolute atomic E-state index is 13.4. The van der Waals surface area contributed by atoms with Crippen molar-refractivity contribution >= 4 is 11.0 Å². The summed E-state index contributed by atoms with van der Waals surface area (Å²) in [4.78, 5) is 8.98. The van der Waals surface area contributed by atoms with Crippen molar-refractivity contribution in [1.82, 2.24) is 19.7 Å². The topological polar surface area (TPSA) is 43.6 Å². The Morgan fingerprint density at radius 1 is 1.00 bits per heavy atom. The molecule has 0 saturated heterocycles. The first-order valence-corrected chi connectivity index (χ1v) is 8.70. The molecular weight excluding hydrogens is 327 g/mol. The Morgan fingerprint density at radius 2 is 1.73 bits per heavy atom. The minimum atomic E-state index is -0.257. The van der Waals surface area contributed by atoms with E-state index in [-0.39, 0.29) is 5.82 Å². The average Bonchev–Trinajstić information content (AvgIpc) is 3.03. The van der Waals surface area contributed by atoms with Crippen LogP contribution in [0.2, 0.25) is 0 Å². The Kier molecular flexibility index (Phi) is 4.21. The molecule has 0 saturated carbocycles. The molecule has 0 radical (unpaired) electrons. The summed E-state index contributed by atoms with van der Waals surface area (Å²) in [5, 5.41) is 5.58. The minimum absolute atomic E-state index is 0.257. The van der Waals surface area contributed by atoms with E-state index in [4.69, 9.17) is 4.98 Å². The predicted molar refractivity (Wildman–Crippen MR) is 101 cm³/mol. The van der Waals surface area contributed by atoms with Crippen molar-refractivity contribution in [3.05, 3.63) is 66.4 Å². The Balaban J connectivity index is 2.10. The van der Waals surface area contributed by atoms with Gasteiger partial charge in [0.25, 0.3) is 0 Å². The second kappa shape index (κ2) is 6.67. The third-order valence-electron chi connectivity index (χ3n) is 4.48. The van der Waals surface area contributed by atoms with Crippen LogP contribution in [0.15, 0.2) is 55.0 Å². The van der Waals surface area contributed by atoms with Crippen molar-refractivity contribution in [3.8, 4) is 22.4 Å². The third-order valence-corrected chi connectivity index (χ3v) is 4.48. The molecule has 1 aromatic carbocycles. The van der Waals surface area contributed by atoms with Crippen molar-refractivity contribution in [2.24, 2.45) is 7.05 Å². The molecule has 4 aromatic rings. The van der Waals surface area contributed by atoms with Crippen LogP contribution in [0.25, 0.3) is 33.4 Å². The molecular formula is C21H19FN4. The molecule has 0 N–H and O–H groups in total. The van der Waals surface area contributed by atoms with Gasteiger partial charge in [-0.15, -0.1) is 0 Å². The van der Waals surface area contributed by atoms with Crippen LogP contribution in [-0.2, 0) is 13.5 Å². The molecule has 3 aromatic heterocycles. The third kappa shape index (κ3) is 2.86. The maximum atomic E-state index is 13.4. The highest BCUT2D eigenvalue weighted by molar-refractivity contribution is 5.94. The van der Waals surface area contributed by atoms with E-state index >= 15 is 0 Å². The van der Waals surface area contributed by atoms with Crippen LogP contribution in [0, 0.1) is 5.82 Å². The molecule has 0 spiro atoms. The van der Waals surface area contributed by atoms with E-state index in [0.717, 1.165) is 40.6 Å². The number of pyridine rings is 2. The van der Waals surface area contributed by atoms with Crippen LogP contribution >= 0.6 is 0 Å². The summed E-state index contributed by atoms with van der Waals surface area (Å²) in [6.45, 7) is 2.16. The van der Waals surface area contributed by atoms with Crippen LogP contribution < -0.4 is 0 Å². The summed E-state index contributed by atoms with van der Waals surface area (Å²) in [7, 11) is 1.90. The highest BCUT2D eigenvalue weighted by Crippen LogP contribution is 2.37. The fourth-order valence-corrected chi connectivity index (χ4v) is 3.37. The molecule has 0 bridgehead atoms. The van der Waals surface area contributed by atoms with Gasteiger partial charge in [0.05, 0.1) is 5.69 Å². The van der Waals surface area contributed by atoms with E-state index in [9.17, 15) is 4.39 Å². The summed E-state index contributed by atoms with van der Waals surface area (Å²) in [6.07, 6.45) is 7.51. The highest BCUT2D eigenvalue weighted by atomic mass is 19.1. The molecule has 0 aliphatic heterocycles.